The molecule has 0 atom stereocenters. The molecule has 0 spiro atoms. The summed E-state index contributed by atoms with van der Waals surface area (Å²) in [6.07, 6.45) is -5.65. The van der Waals surface area contributed by atoms with Gasteiger partial charge in [-0.05, 0) is 29.8 Å². The zero-order chi connectivity index (χ0) is 19.0. The molecule has 0 aromatic heterocycles. The number of hydrogen-bond acceptors (Lipinski definition) is 4. The molecule has 0 saturated carbocycles. The van der Waals surface area contributed by atoms with Crippen LogP contribution in [0, 0.1) is 10.1 Å². The van der Waals surface area contributed by atoms with Crippen LogP contribution >= 0.6 is 11.6 Å². The number of hydrogen-bond donors (Lipinski definition) is 1. The molecule has 0 fully saturated rings. The first-order valence-corrected chi connectivity index (χ1v) is 8.32. The van der Waals surface area contributed by atoms with Crippen LogP contribution in [0.2, 0.25) is 5.02 Å². The fraction of sp³-hybridized carbons (Fsp3) is 0.143. The molecule has 6 nitrogen and oxygen atoms in total. The molecule has 0 bridgehead atoms. The Bertz CT molecular complexity index is 956. The van der Waals surface area contributed by atoms with Crippen molar-refractivity contribution >= 4 is 27.4 Å². The molecule has 0 aliphatic carbocycles. The third kappa shape index (κ3) is 5.18. The molecule has 2 aromatic rings. The Morgan fingerprint density at radius 2 is 1.85 bits per heavy atom. The van der Waals surface area contributed by atoms with Gasteiger partial charge in [-0.2, -0.15) is 21.6 Å². The number of rotatable bonds is 4. The van der Waals surface area contributed by atoms with E-state index in [0.717, 1.165) is 30.3 Å². The second kappa shape index (κ2) is 8.24. The van der Waals surface area contributed by atoms with Gasteiger partial charge in [0.15, 0.2) is 0 Å². The summed E-state index contributed by atoms with van der Waals surface area (Å²) in [5.41, 5.74) is -3.12. The van der Waals surface area contributed by atoms with Gasteiger partial charge in [0.05, 0.1) is 15.4 Å². The predicted octanol–water partition coefficient (Wildman–Crippen LogP) is 1.22. The summed E-state index contributed by atoms with van der Waals surface area (Å²) in [5.74, 6) is 0. The summed E-state index contributed by atoms with van der Waals surface area (Å²) in [7, 11) is -4.76. The van der Waals surface area contributed by atoms with Crippen LogP contribution in [0.25, 0.3) is 0 Å². The first kappa shape index (κ1) is 22.9. The first-order valence-electron chi connectivity index (χ1n) is 6.50. The number of benzene rings is 2. The molecule has 0 unspecified atom stereocenters. The van der Waals surface area contributed by atoms with Crippen molar-refractivity contribution in [3.05, 3.63) is 68.2 Å². The number of alkyl halides is 3. The third-order valence-corrected chi connectivity index (χ3v) is 4.51. The number of nitro benzene ring substituents is 1. The summed E-state index contributed by atoms with van der Waals surface area (Å²) >= 11 is 5.73. The number of nitrogens with zero attached hydrogens (tertiary/aromatic N) is 1. The Labute approximate surface area is 174 Å². The maximum atomic E-state index is 13.2. The van der Waals surface area contributed by atoms with Crippen molar-refractivity contribution in [3.8, 4) is 0 Å². The average molecular weight is 420 g/mol. The van der Waals surface area contributed by atoms with Crippen molar-refractivity contribution in [3.63, 3.8) is 0 Å². The third-order valence-electron chi connectivity index (χ3n) is 3.32. The van der Waals surface area contributed by atoms with Crippen LogP contribution in [0.5, 0.6) is 0 Å². The fourth-order valence-corrected chi connectivity index (χ4v) is 3.22. The minimum absolute atomic E-state index is 0. The van der Waals surface area contributed by atoms with E-state index in [9.17, 15) is 36.3 Å². The van der Waals surface area contributed by atoms with Gasteiger partial charge < -0.3 is 1.43 Å². The molecule has 0 aliphatic rings. The van der Waals surface area contributed by atoms with Crippen LogP contribution in [-0.2, 0) is 22.7 Å². The molecule has 0 saturated heterocycles. The molecule has 0 radical (unpaired) electrons. The van der Waals surface area contributed by atoms with E-state index in [0.29, 0.717) is 6.07 Å². The van der Waals surface area contributed by atoms with E-state index in [1.165, 1.54) is 0 Å². The molecule has 136 valence electrons. The Kier molecular flexibility index (Phi) is 7.25. The Morgan fingerprint density at radius 1 is 1.23 bits per heavy atom. The van der Waals surface area contributed by atoms with Gasteiger partial charge in [0.2, 0.25) is 0 Å². The zero-order valence-corrected chi connectivity index (χ0v) is 16.7. The van der Waals surface area contributed by atoms with E-state index >= 15 is 0 Å². The van der Waals surface area contributed by atoms with Crippen molar-refractivity contribution in [2.45, 2.75) is 17.5 Å². The van der Waals surface area contributed by atoms with Gasteiger partial charge in [0.1, 0.15) is 0 Å². The maximum absolute atomic E-state index is 13.2. The molecular weight excluding hydrogens is 410 g/mol. The van der Waals surface area contributed by atoms with Crippen molar-refractivity contribution in [1.29, 1.82) is 0 Å². The first-order chi connectivity index (χ1) is 11.4. The summed E-state index contributed by atoms with van der Waals surface area (Å²) < 4.78 is 71.6. The fourth-order valence-electron chi connectivity index (χ4n) is 2.33. The number of nitro groups is 1. The molecule has 0 heterocycles. The normalized spacial score (nSPS) is 11.7. The Balaban J connectivity index is 0.00000338. The van der Waals surface area contributed by atoms with Crippen molar-refractivity contribution in [2.75, 3.05) is 0 Å². The summed E-state index contributed by atoms with van der Waals surface area (Å²) in [4.78, 5) is 9.41. The van der Waals surface area contributed by atoms with Crippen LogP contribution in [-0.4, -0.2) is 17.9 Å². The minimum Gasteiger partial charge on any atom is -1.00 e. The smallest absolute Gasteiger partial charge is 1.00 e. The summed E-state index contributed by atoms with van der Waals surface area (Å²) in [6.45, 7) is 0. The van der Waals surface area contributed by atoms with E-state index in [-0.39, 0.29) is 41.6 Å². The van der Waals surface area contributed by atoms with Crippen molar-refractivity contribution < 1.29 is 62.0 Å². The topological polar surface area (TPSA) is 97.5 Å². The van der Waals surface area contributed by atoms with Gasteiger partial charge in [-0.25, -0.2) is 0 Å². The van der Waals surface area contributed by atoms with Gasteiger partial charge in [0.25, 0.3) is 15.8 Å². The summed E-state index contributed by atoms with van der Waals surface area (Å²) in [5, 5.41) is 11.1. The summed E-state index contributed by atoms with van der Waals surface area (Å²) in [6, 6.07) is 5.48. The Morgan fingerprint density at radius 3 is 2.35 bits per heavy atom. The van der Waals surface area contributed by atoms with Crippen LogP contribution in [0.3, 0.4) is 0 Å². The maximum Gasteiger partial charge on any atom is 1.00 e. The number of halogens is 4. The molecule has 0 aliphatic heterocycles. The molecule has 12 heteroatoms. The van der Waals surface area contributed by atoms with Gasteiger partial charge >= 0.3 is 35.7 Å². The molecule has 0 amide bonds. The SMILES string of the molecule is O=[N+]([O-])c1cccc(C(F)(F)F)c1Cc1cc(Cl)ccc1S(=O)(=O)O.[H-].[Na+]. The van der Waals surface area contributed by atoms with E-state index in [4.69, 9.17) is 11.6 Å². The average Bonchev–Trinajstić information content (AvgIpc) is 2.44. The predicted molar refractivity (Wildman–Crippen MR) is 83.3 cm³/mol. The zero-order valence-electron chi connectivity index (χ0n) is 14.1. The van der Waals surface area contributed by atoms with Gasteiger partial charge in [-0.15, -0.1) is 0 Å². The molecule has 1 N–H and O–H groups in total. The van der Waals surface area contributed by atoms with Crippen LogP contribution in [0.1, 0.15) is 18.1 Å². The van der Waals surface area contributed by atoms with Crippen LogP contribution < -0.4 is 29.6 Å². The van der Waals surface area contributed by atoms with Crippen LogP contribution in [0.4, 0.5) is 18.9 Å². The van der Waals surface area contributed by atoms with E-state index < -0.39 is 49.3 Å². The minimum atomic E-state index is -4.89. The molecule has 2 rings (SSSR count). The molecular formula is C14H10ClF3NNaO5S. The second-order valence-electron chi connectivity index (χ2n) is 4.96. The monoisotopic (exact) mass is 419 g/mol. The van der Waals surface area contributed by atoms with E-state index in [1.807, 2.05) is 0 Å². The van der Waals surface area contributed by atoms with E-state index in [1.54, 1.807) is 0 Å². The van der Waals surface area contributed by atoms with Crippen LogP contribution in [0.15, 0.2) is 41.3 Å². The van der Waals surface area contributed by atoms with Gasteiger partial charge in [-0.3, -0.25) is 14.7 Å². The van der Waals surface area contributed by atoms with Gasteiger partial charge in [-0.1, -0.05) is 17.7 Å². The van der Waals surface area contributed by atoms with Gasteiger partial charge in [0, 0.05) is 23.1 Å². The van der Waals surface area contributed by atoms with E-state index in [2.05, 4.69) is 0 Å². The molecule has 2 aromatic carbocycles. The quantitative estimate of drug-likeness (QED) is 0.348. The second-order valence-corrected chi connectivity index (χ2v) is 6.79. The largest absolute Gasteiger partial charge is 1.00 e. The van der Waals surface area contributed by atoms with Crippen molar-refractivity contribution in [1.82, 2.24) is 0 Å². The van der Waals surface area contributed by atoms with Crippen molar-refractivity contribution in [2.24, 2.45) is 0 Å². The molecule has 26 heavy (non-hydrogen) atoms. The standard InChI is InChI=1S/C14H9ClF3NO5S.Na.H/c15-9-4-5-13(25(22,23)24)8(6-9)7-10-11(14(16,17)18)2-1-3-12(10)19(20)21;;/h1-6H,7H2,(H,22,23,24);;/q;+1;-1. The Hall–Kier alpha value is -1.17.